The predicted octanol–water partition coefficient (Wildman–Crippen LogP) is 3.04. The van der Waals surface area contributed by atoms with Gasteiger partial charge in [-0.2, -0.15) is 13.2 Å². The van der Waals surface area contributed by atoms with E-state index in [9.17, 15) is 13.2 Å². The maximum absolute atomic E-state index is 13.8. The van der Waals surface area contributed by atoms with Gasteiger partial charge in [0.1, 0.15) is 17.0 Å². The Morgan fingerprint density at radius 3 is 2.73 bits per heavy atom. The van der Waals surface area contributed by atoms with Gasteiger partial charge in [-0.25, -0.2) is 15.0 Å². The molecule has 3 aliphatic heterocycles. The van der Waals surface area contributed by atoms with Gasteiger partial charge in [0.2, 0.25) is 5.95 Å². The number of fused-ring (bicyclic) bond motifs is 1. The van der Waals surface area contributed by atoms with Gasteiger partial charge in [-0.1, -0.05) is 0 Å². The van der Waals surface area contributed by atoms with Crippen LogP contribution in [-0.2, 0) is 10.9 Å². The van der Waals surface area contributed by atoms with Crippen molar-refractivity contribution in [3.05, 3.63) is 30.1 Å². The zero-order valence-corrected chi connectivity index (χ0v) is 17.9. The summed E-state index contributed by atoms with van der Waals surface area (Å²) < 4.78 is 46.8. The normalized spacial score (nSPS) is 22.3. The van der Waals surface area contributed by atoms with Gasteiger partial charge >= 0.3 is 6.18 Å². The molecule has 1 atom stereocenters. The van der Waals surface area contributed by atoms with E-state index in [2.05, 4.69) is 35.5 Å². The van der Waals surface area contributed by atoms with Crippen molar-refractivity contribution in [2.45, 2.75) is 25.1 Å². The molecule has 1 spiro atoms. The standard InChI is InChI=1S/C22H24F3N7O/c23-22(24,25)16-8-28-20(29-13-2-1-5-26-6-13)31-18(16)15-7-27-19-14(15)3-4-17(30-19)32-9-21(10-32)11-33-12-21/h3-4,7-8,13,26H,1-2,5-6,9-12H2,(H,27,30)(H,28,29,31)/t13-/m0/s1. The number of alkyl halides is 3. The second-order valence-corrected chi connectivity index (χ2v) is 9.26. The Labute approximate surface area is 188 Å². The third kappa shape index (κ3) is 3.68. The highest BCUT2D eigenvalue weighted by Crippen LogP contribution is 2.41. The van der Waals surface area contributed by atoms with Crippen LogP contribution < -0.4 is 15.5 Å². The fraction of sp³-hybridized carbons (Fsp3) is 0.500. The zero-order valence-electron chi connectivity index (χ0n) is 17.9. The van der Waals surface area contributed by atoms with Crippen LogP contribution in [0.5, 0.6) is 0 Å². The summed E-state index contributed by atoms with van der Waals surface area (Å²) in [5.41, 5.74) is 0.118. The van der Waals surface area contributed by atoms with Crippen molar-refractivity contribution in [1.29, 1.82) is 0 Å². The largest absolute Gasteiger partial charge is 0.419 e. The van der Waals surface area contributed by atoms with E-state index >= 15 is 0 Å². The van der Waals surface area contributed by atoms with Gasteiger partial charge in [-0.15, -0.1) is 0 Å². The summed E-state index contributed by atoms with van der Waals surface area (Å²) in [6.07, 6.45) is -0.263. The second-order valence-electron chi connectivity index (χ2n) is 9.26. The molecule has 0 radical (unpaired) electrons. The molecule has 3 N–H and O–H groups in total. The lowest BCUT2D eigenvalue weighted by Crippen LogP contribution is -2.66. The first-order chi connectivity index (χ1) is 15.9. The van der Waals surface area contributed by atoms with Gasteiger partial charge in [0, 0.05) is 49.0 Å². The molecule has 3 aromatic heterocycles. The lowest BCUT2D eigenvalue weighted by Gasteiger charge is -2.55. The quantitative estimate of drug-likeness (QED) is 0.553. The Morgan fingerprint density at radius 1 is 1.18 bits per heavy atom. The van der Waals surface area contributed by atoms with E-state index < -0.39 is 11.7 Å². The minimum atomic E-state index is -4.58. The summed E-state index contributed by atoms with van der Waals surface area (Å²) >= 11 is 0. The molecule has 0 aromatic carbocycles. The van der Waals surface area contributed by atoms with Crippen LogP contribution in [-0.4, -0.2) is 65.4 Å². The van der Waals surface area contributed by atoms with Crippen LogP contribution >= 0.6 is 0 Å². The van der Waals surface area contributed by atoms with Crippen LogP contribution in [0.1, 0.15) is 18.4 Å². The van der Waals surface area contributed by atoms with Crippen molar-refractivity contribution in [2.75, 3.05) is 49.6 Å². The second kappa shape index (κ2) is 7.56. The Balaban J connectivity index is 1.33. The highest BCUT2D eigenvalue weighted by molar-refractivity contribution is 5.94. The van der Waals surface area contributed by atoms with Crippen molar-refractivity contribution in [1.82, 2.24) is 25.3 Å². The van der Waals surface area contributed by atoms with Crippen molar-refractivity contribution in [3.63, 3.8) is 0 Å². The smallest absolute Gasteiger partial charge is 0.380 e. The molecule has 0 unspecified atom stereocenters. The Hall–Kier alpha value is -2.92. The molecule has 8 nitrogen and oxygen atoms in total. The van der Waals surface area contributed by atoms with Crippen LogP contribution in [0.25, 0.3) is 22.3 Å². The number of hydrogen-bond donors (Lipinski definition) is 3. The minimum absolute atomic E-state index is 0.0800. The number of piperidine rings is 1. The van der Waals surface area contributed by atoms with E-state index in [0.29, 0.717) is 16.6 Å². The third-order valence-electron chi connectivity index (χ3n) is 6.70. The zero-order chi connectivity index (χ0) is 22.6. The molecule has 3 saturated heterocycles. The SMILES string of the molecule is FC(F)(F)c1cnc(N[C@H]2CCCNC2)nc1-c1c[nH]c2nc(N3CC4(COC4)C3)ccc12. The topological polar surface area (TPSA) is 91.0 Å². The van der Waals surface area contributed by atoms with E-state index in [1.807, 2.05) is 12.1 Å². The number of nitrogens with zero attached hydrogens (tertiary/aromatic N) is 4. The number of ether oxygens (including phenoxy) is 1. The third-order valence-corrected chi connectivity index (χ3v) is 6.70. The van der Waals surface area contributed by atoms with Gasteiger partial charge < -0.3 is 25.3 Å². The molecular weight excluding hydrogens is 435 g/mol. The van der Waals surface area contributed by atoms with Crippen LogP contribution in [0.3, 0.4) is 0 Å². The summed E-state index contributed by atoms with van der Waals surface area (Å²) in [7, 11) is 0. The average Bonchev–Trinajstić information content (AvgIpc) is 3.15. The van der Waals surface area contributed by atoms with E-state index in [0.717, 1.165) is 64.2 Å². The molecule has 0 amide bonds. The molecular formula is C22H24F3N7O. The van der Waals surface area contributed by atoms with E-state index in [1.165, 1.54) is 0 Å². The fourth-order valence-corrected chi connectivity index (χ4v) is 4.89. The highest BCUT2D eigenvalue weighted by atomic mass is 19.4. The molecule has 6 heterocycles. The first-order valence-corrected chi connectivity index (χ1v) is 11.1. The van der Waals surface area contributed by atoms with E-state index in [4.69, 9.17) is 4.74 Å². The van der Waals surface area contributed by atoms with Gasteiger partial charge in [0.25, 0.3) is 0 Å². The molecule has 0 saturated carbocycles. The Bertz CT molecular complexity index is 1180. The van der Waals surface area contributed by atoms with Crippen LogP contribution in [0, 0.1) is 5.41 Å². The number of anilines is 2. The molecule has 174 valence electrons. The molecule has 3 aliphatic rings. The fourth-order valence-electron chi connectivity index (χ4n) is 4.89. The van der Waals surface area contributed by atoms with Crippen molar-refractivity contribution in [3.8, 4) is 11.3 Å². The van der Waals surface area contributed by atoms with Crippen molar-refractivity contribution >= 4 is 22.8 Å². The average molecular weight is 459 g/mol. The highest BCUT2D eigenvalue weighted by Gasteiger charge is 2.49. The van der Waals surface area contributed by atoms with Crippen LogP contribution in [0.4, 0.5) is 24.9 Å². The number of H-pyrrole nitrogens is 1. The summed E-state index contributed by atoms with van der Waals surface area (Å²) in [5.74, 6) is 0.999. The Kier molecular flexibility index (Phi) is 4.73. The number of halogens is 3. The molecule has 11 heteroatoms. The van der Waals surface area contributed by atoms with Gasteiger partial charge in [-0.3, -0.25) is 0 Å². The predicted molar refractivity (Wildman–Crippen MR) is 117 cm³/mol. The molecule has 6 rings (SSSR count). The number of rotatable bonds is 4. The first-order valence-electron chi connectivity index (χ1n) is 11.1. The van der Waals surface area contributed by atoms with Gasteiger partial charge in [-0.05, 0) is 31.5 Å². The lowest BCUT2D eigenvalue weighted by molar-refractivity contribution is -0.137. The summed E-state index contributed by atoms with van der Waals surface area (Å²) in [5, 5.41) is 7.04. The summed E-state index contributed by atoms with van der Waals surface area (Å²) in [6.45, 7) is 4.99. The number of pyridine rings is 1. The number of hydrogen-bond acceptors (Lipinski definition) is 7. The van der Waals surface area contributed by atoms with Gasteiger partial charge in [0.15, 0.2) is 0 Å². The monoisotopic (exact) mass is 459 g/mol. The number of aromatic amines is 1. The van der Waals surface area contributed by atoms with E-state index in [-0.39, 0.29) is 23.1 Å². The minimum Gasteiger partial charge on any atom is -0.380 e. The van der Waals surface area contributed by atoms with Crippen molar-refractivity contribution < 1.29 is 17.9 Å². The molecule has 33 heavy (non-hydrogen) atoms. The maximum Gasteiger partial charge on any atom is 0.419 e. The lowest BCUT2D eigenvalue weighted by atomic mass is 9.78. The molecule has 3 fully saturated rings. The first kappa shape index (κ1) is 20.7. The van der Waals surface area contributed by atoms with Crippen molar-refractivity contribution in [2.24, 2.45) is 5.41 Å². The number of nitrogens with one attached hydrogen (secondary N) is 3. The van der Waals surface area contributed by atoms with Crippen LogP contribution in [0.15, 0.2) is 24.5 Å². The molecule has 0 bridgehead atoms. The van der Waals surface area contributed by atoms with E-state index in [1.54, 1.807) is 6.20 Å². The summed E-state index contributed by atoms with van der Waals surface area (Å²) in [6, 6.07) is 3.75. The molecule has 3 aromatic rings. The van der Waals surface area contributed by atoms with Crippen LogP contribution in [0.2, 0.25) is 0 Å². The maximum atomic E-state index is 13.8. The molecule has 0 aliphatic carbocycles. The van der Waals surface area contributed by atoms with Gasteiger partial charge in [0.05, 0.1) is 24.3 Å². The summed E-state index contributed by atoms with van der Waals surface area (Å²) in [4.78, 5) is 18.1. The Morgan fingerprint density at radius 2 is 2.03 bits per heavy atom. The number of aromatic nitrogens is 4.